The summed E-state index contributed by atoms with van der Waals surface area (Å²) in [5, 5.41) is 5.03. The summed E-state index contributed by atoms with van der Waals surface area (Å²) >= 11 is 0. The molecule has 0 radical (unpaired) electrons. The van der Waals surface area contributed by atoms with E-state index in [4.69, 9.17) is 5.14 Å². The fourth-order valence-electron chi connectivity index (χ4n) is 1.00. The Labute approximate surface area is 84.0 Å². The number of hydrogen-bond acceptors (Lipinski definition) is 2. The molecule has 1 aromatic carbocycles. The zero-order valence-corrected chi connectivity index (χ0v) is 8.64. The van der Waals surface area contributed by atoms with Crippen molar-refractivity contribution in [2.75, 3.05) is 0 Å². The van der Waals surface area contributed by atoms with E-state index in [1.807, 2.05) is 6.92 Å². The summed E-state index contributed by atoms with van der Waals surface area (Å²) in [6, 6.07) is 6.45. The molecule has 74 valence electrons. The molecule has 0 saturated carbocycles. The summed E-state index contributed by atoms with van der Waals surface area (Å²) in [6.07, 6.45) is 0.680. The maximum absolute atomic E-state index is 11.1. The molecule has 0 aromatic heterocycles. The number of primary sulfonamides is 1. The van der Waals surface area contributed by atoms with Gasteiger partial charge >= 0.3 is 0 Å². The van der Waals surface area contributed by atoms with Gasteiger partial charge in [-0.1, -0.05) is 30.9 Å². The van der Waals surface area contributed by atoms with Crippen molar-refractivity contribution in [1.82, 2.24) is 0 Å². The number of nitrogens with two attached hydrogens (primary N) is 1. The SMILES string of the molecule is CCC#Cc1ccccc1S(N)(=O)=O. The average Bonchev–Trinajstić information content (AvgIpc) is 2.14. The lowest BCUT2D eigenvalue weighted by Gasteiger charge is -1.99. The predicted molar refractivity (Wildman–Crippen MR) is 55.0 cm³/mol. The minimum absolute atomic E-state index is 0.0842. The van der Waals surface area contributed by atoms with Crippen LogP contribution in [0, 0.1) is 11.8 Å². The van der Waals surface area contributed by atoms with Crippen molar-refractivity contribution in [3.63, 3.8) is 0 Å². The zero-order chi connectivity index (χ0) is 10.6. The molecular formula is C10H11NO2S. The molecule has 1 aromatic rings. The summed E-state index contributed by atoms with van der Waals surface area (Å²) in [5.41, 5.74) is 0.455. The summed E-state index contributed by atoms with van der Waals surface area (Å²) in [4.78, 5) is 0.0842. The van der Waals surface area contributed by atoms with E-state index < -0.39 is 10.0 Å². The van der Waals surface area contributed by atoms with Crippen LogP contribution in [-0.2, 0) is 10.0 Å². The van der Waals surface area contributed by atoms with Crippen molar-refractivity contribution < 1.29 is 8.42 Å². The highest BCUT2D eigenvalue weighted by atomic mass is 32.2. The Balaban J connectivity index is 3.31. The minimum Gasteiger partial charge on any atom is -0.225 e. The Hall–Kier alpha value is -1.31. The van der Waals surface area contributed by atoms with Gasteiger partial charge in [-0.25, -0.2) is 13.6 Å². The topological polar surface area (TPSA) is 60.2 Å². The third-order valence-electron chi connectivity index (χ3n) is 1.59. The summed E-state index contributed by atoms with van der Waals surface area (Å²) in [5.74, 6) is 5.57. The predicted octanol–water partition coefficient (Wildman–Crippen LogP) is 1.10. The molecule has 0 saturated heterocycles. The second-order valence-electron chi connectivity index (χ2n) is 2.70. The number of hydrogen-bond donors (Lipinski definition) is 1. The Kier molecular flexibility index (Phi) is 3.28. The molecular weight excluding hydrogens is 198 g/mol. The lowest BCUT2D eigenvalue weighted by Crippen LogP contribution is -2.13. The van der Waals surface area contributed by atoms with E-state index in [0.29, 0.717) is 12.0 Å². The number of benzene rings is 1. The lowest BCUT2D eigenvalue weighted by atomic mass is 10.2. The fraction of sp³-hybridized carbons (Fsp3) is 0.200. The normalized spacial score (nSPS) is 10.4. The summed E-state index contributed by atoms with van der Waals surface area (Å²) in [6.45, 7) is 1.90. The molecule has 0 spiro atoms. The second-order valence-corrected chi connectivity index (χ2v) is 4.23. The highest BCUT2D eigenvalue weighted by Gasteiger charge is 2.10. The van der Waals surface area contributed by atoms with E-state index in [1.165, 1.54) is 6.07 Å². The second kappa shape index (κ2) is 4.27. The Bertz CT molecular complexity index is 480. The molecule has 0 unspecified atom stereocenters. The first-order chi connectivity index (χ1) is 6.55. The largest absolute Gasteiger partial charge is 0.239 e. The van der Waals surface area contributed by atoms with E-state index in [1.54, 1.807) is 18.2 Å². The third-order valence-corrected chi connectivity index (χ3v) is 2.56. The molecule has 0 aliphatic heterocycles. The highest BCUT2D eigenvalue weighted by Crippen LogP contribution is 2.11. The van der Waals surface area contributed by atoms with E-state index in [-0.39, 0.29) is 4.90 Å². The van der Waals surface area contributed by atoms with Crippen molar-refractivity contribution in [1.29, 1.82) is 0 Å². The first kappa shape index (κ1) is 10.8. The fourth-order valence-corrected chi connectivity index (χ4v) is 1.70. The van der Waals surface area contributed by atoms with Gasteiger partial charge in [0.1, 0.15) is 0 Å². The number of sulfonamides is 1. The van der Waals surface area contributed by atoms with Gasteiger partial charge < -0.3 is 0 Å². The van der Waals surface area contributed by atoms with Gasteiger partial charge in [-0.2, -0.15) is 0 Å². The molecule has 3 nitrogen and oxygen atoms in total. The maximum atomic E-state index is 11.1. The monoisotopic (exact) mass is 209 g/mol. The van der Waals surface area contributed by atoms with Crippen molar-refractivity contribution in [2.24, 2.45) is 5.14 Å². The zero-order valence-electron chi connectivity index (χ0n) is 7.82. The van der Waals surface area contributed by atoms with Crippen LogP contribution in [0.4, 0.5) is 0 Å². The van der Waals surface area contributed by atoms with Crippen LogP contribution in [0.5, 0.6) is 0 Å². The van der Waals surface area contributed by atoms with Crippen LogP contribution in [0.25, 0.3) is 0 Å². The molecule has 0 aliphatic carbocycles. The average molecular weight is 209 g/mol. The van der Waals surface area contributed by atoms with Gasteiger partial charge in [-0.15, -0.1) is 0 Å². The van der Waals surface area contributed by atoms with Gasteiger partial charge in [0.25, 0.3) is 0 Å². The summed E-state index contributed by atoms with van der Waals surface area (Å²) < 4.78 is 22.3. The van der Waals surface area contributed by atoms with Crippen LogP contribution in [0.1, 0.15) is 18.9 Å². The van der Waals surface area contributed by atoms with Crippen molar-refractivity contribution in [2.45, 2.75) is 18.2 Å². The molecule has 14 heavy (non-hydrogen) atoms. The van der Waals surface area contributed by atoms with E-state index in [0.717, 1.165) is 0 Å². The molecule has 0 aliphatic rings. The first-order valence-electron chi connectivity index (χ1n) is 4.16. The Morgan fingerprint density at radius 3 is 2.57 bits per heavy atom. The van der Waals surface area contributed by atoms with Gasteiger partial charge in [-0.3, -0.25) is 0 Å². The minimum atomic E-state index is -3.67. The smallest absolute Gasteiger partial charge is 0.225 e. The molecule has 0 atom stereocenters. The van der Waals surface area contributed by atoms with Crippen LogP contribution in [-0.4, -0.2) is 8.42 Å². The van der Waals surface area contributed by atoms with Crippen molar-refractivity contribution in [3.05, 3.63) is 29.8 Å². The molecule has 1 rings (SSSR count). The molecule has 4 heteroatoms. The van der Waals surface area contributed by atoms with Crippen molar-refractivity contribution in [3.8, 4) is 11.8 Å². The van der Waals surface area contributed by atoms with Gasteiger partial charge in [0.15, 0.2) is 0 Å². The van der Waals surface area contributed by atoms with Gasteiger partial charge in [0.2, 0.25) is 10.0 Å². The maximum Gasteiger partial charge on any atom is 0.239 e. The van der Waals surface area contributed by atoms with Gasteiger partial charge in [0.05, 0.1) is 4.90 Å². The summed E-state index contributed by atoms with van der Waals surface area (Å²) in [7, 11) is -3.67. The van der Waals surface area contributed by atoms with Crippen molar-refractivity contribution >= 4 is 10.0 Å². The quantitative estimate of drug-likeness (QED) is 0.704. The molecule has 0 heterocycles. The molecule has 0 amide bonds. The van der Waals surface area contributed by atoms with E-state index >= 15 is 0 Å². The highest BCUT2D eigenvalue weighted by molar-refractivity contribution is 7.89. The van der Waals surface area contributed by atoms with E-state index in [9.17, 15) is 8.42 Å². The van der Waals surface area contributed by atoms with Gasteiger partial charge in [-0.05, 0) is 12.1 Å². The Morgan fingerprint density at radius 1 is 1.36 bits per heavy atom. The molecule has 2 N–H and O–H groups in total. The van der Waals surface area contributed by atoms with Crippen LogP contribution in [0.3, 0.4) is 0 Å². The molecule has 0 fully saturated rings. The molecule has 0 bridgehead atoms. The standard InChI is InChI=1S/C10H11NO2S/c1-2-3-6-9-7-4-5-8-10(9)14(11,12)13/h4-5,7-8H,2H2,1H3,(H2,11,12,13). The van der Waals surface area contributed by atoms with Crippen LogP contribution >= 0.6 is 0 Å². The van der Waals surface area contributed by atoms with Crippen LogP contribution in [0.15, 0.2) is 29.2 Å². The van der Waals surface area contributed by atoms with Crippen LogP contribution < -0.4 is 5.14 Å². The van der Waals surface area contributed by atoms with Gasteiger partial charge in [0, 0.05) is 12.0 Å². The number of rotatable bonds is 1. The van der Waals surface area contributed by atoms with E-state index in [2.05, 4.69) is 11.8 Å². The van der Waals surface area contributed by atoms with Crippen LogP contribution in [0.2, 0.25) is 0 Å². The third kappa shape index (κ3) is 2.59. The Morgan fingerprint density at radius 2 is 2.00 bits per heavy atom. The lowest BCUT2D eigenvalue weighted by molar-refractivity contribution is 0.597. The first-order valence-corrected chi connectivity index (χ1v) is 5.71.